The third kappa shape index (κ3) is 2.22. The minimum Gasteiger partial charge on any atom is -0.324 e. The van der Waals surface area contributed by atoms with E-state index in [0.29, 0.717) is 11.5 Å². The molecule has 2 rings (SSSR count). The van der Waals surface area contributed by atoms with Crippen LogP contribution in [0.3, 0.4) is 0 Å². The van der Waals surface area contributed by atoms with E-state index in [1.165, 1.54) is 6.07 Å². The average molecular weight is 220 g/mol. The van der Waals surface area contributed by atoms with Crippen LogP contribution in [0.5, 0.6) is 0 Å². The third-order valence-electron chi connectivity index (χ3n) is 2.46. The lowest BCUT2D eigenvalue weighted by atomic mass is 10.0. The average Bonchev–Trinajstić information content (AvgIpc) is 2.91. The van der Waals surface area contributed by atoms with Gasteiger partial charge in [0, 0.05) is 6.04 Å². The van der Waals surface area contributed by atoms with E-state index in [1.54, 1.807) is 6.07 Å². The van der Waals surface area contributed by atoms with E-state index < -0.39 is 11.6 Å². The van der Waals surface area contributed by atoms with E-state index in [4.69, 9.17) is 5.73 Å². The van der Waals surface area contributed by atoms with Crippen LogP contribution in [0.15, 0.2) is 18.2 Å². The number of halogens is 3. The van der Waals surface area contributed by atoms with Crippen LogP contribution in [0.1, 0.15) is 24.4 Å². The van der Waals surface area contributed by atoms with Crippen LogP contribution < -0.4 is 5.73 Å². The molecule has 0 aliphatic heterocycles. The Balaban J connectivity index is 0.000000980. The lowest BCUT2D eigenvalue weighted by Gasteiger charge is -2.10. The highest BCUT2D eigenvalue weighted by Gasteiger charge is 2.29. The topological polar surface area (TPSA) is 26.0 Å². The summed E-state index contributed by atoms with van der Waals surface area (Å²) in [4.78, 5) is 0. The Morgan fingerprint density at radius 1 is 1.21 bits per heavy atom. The van der Waals surface area contributed by atoms with Crippen molar-refractivity contribution in [2.75, 3.05) is 0 Å². The maximum atomic E-state index is 12.8. The van der Waals surface area contributed by atoms with Crippen molar-refractivity contribution in [2.45, 2.75) is 18.9 Å². The molecule has 1 aliphatic carbocycles. The lowest BCUT2D eigenvalue weighted by Crippen LogP contribution is -2.12. The SMILES string of the molecule is Cl.N[C@H](c1ccc(F)c(F)c1)C1CC1. The van der Waals surface area contributed by atoms with Gasteiger partial charge in [0.15, 0.2) is 11.6 Å². The van der Waals surface area contributed by atoms with Crippen molar-refractivity contribution in [3.05, 3.63) is 35.4 Å². The lowest BCUT2D eigenvalue weighted by molar-refractivity contribution is 0.503. The molecule has 2 N–H and O–H groups in total. The summed E-state index contributed by atoms with van der Waals surface area (Å²) < 4.78 is 25.4. The van der Waals surface area contributed by atoms with Crippen LogP contribution in [0.4, 0.5) is 8.78 Å². The molecule has 0 heterocycles. The summed E-state index contributed by atoms with van der Waals surface area (Å²) >= 11 is 0. The van der Waals surface area contributed by atoms with Crippen LogP contribution >= 0.6 is 12.4 Å². The molecule has 1 nitrogen and oxygen atoms in total. The Bertz CT molecular complexity index is 326. The predicted octanol–water partition coefficient (Wildman–Crippen LogP) is 2.80. The van der Waals surface area contributed by atoms with Gasteiger partial charge in [0.05, 0.1) is 0 Å². The van der Waals surface area contributed by atoms with Gasteiger partial charge >= 0.3 is 0 Å². The molecule has 0 unspecified atom stereocenters. The highest BCUT2D eigenvalue weighted by molar-refractivity contribution is 5.85. The van der Waals surface area contributed by atoms with Gasteiger partial charge in [-0.1, -0.05) is 6.07 Å². The van der Waals surface area contributed by atoms with E-state index >= 15 is 0 Å². The Labute approximate surface area is 87.7 Å². The van der Waals surface area contributed by atoms with Crippen molar-refractivity contribution in [2.24, 2.45) is 11.7 Å². The van der Waals surface area contributed by atoms with Gasteiger partial charge in [0.2, 0.25) is 0 Å². The minimum absolute atomic E-state index is 0. The molecule has 1 saturated carbocycles. The number of benzene rings is 1. The zero-order chi connectivity index (χ0) is 9.42. The van der Waals surface area contributed by atoms with Crippen molar-refractivity contribution in [3.63, 3.8) is 0 Å². The molecule has 0 radical (unpaired) electrons. The summed E-state index contributed by atoms with van der Waals surface area (Å²) in [6.45, 7) is 0. The van der Waals surface area contributed by atoms with E-state index in [2.05, 4.69) is 0 Å². The first-order valence-electron chi connectivity index (χ1n) is 4.39. The zero-order valence-electron chi connectivity index (χ0n) is 7.54. The molecule has 4 heteroatoms. The Hall–Kier alpha value is -0.670. The first-order chi connectivity index (χ1) is 6.18. The number of hydrogen-bond acceptors (Lipinski definition) is 1. The second-order valence-corrected chi connectivity index (χ2v) is 3.54. The maximum Gasteiger partial charge on any atom is 0.159 e. The smallest absolute Gasteiger partial charge is 0.159 e. The molecule has 1 fully saturated rings. The fraction of sp³-hybridized carbons (Fsp3) is 0.400. The van der Waals surface area contributed by atoms with Crippen LogP contribution in [-0.4, -0.2) is 0 Å². The highest BCUT2D eigenvalue weighted by atomic mass is 35.5. The molecule has 14 heavy (non-hydrogen) atoms. The van der Waals surface area contributed by atoms with Crippen molar-refractivity contribution >= 4 is 12.4 Å². The van der Waals surface area contributed by atoms with Gasteiger partial charge in [-0.2, -0.15) is 0 Å². The molecule has 0 bridgehead atoms. The van der Waals surface area contributed by atoms with E-state index in [1.807, 2.05) is 0 Å². The molecule has 0 saturated heterocycles. The van der Waals surface area contributed by atoms with Crippen molar-refractivity contribution in [1.29, 1.82) is 0 Å². The predicted molar refractivity (Wildman–Crippen MR) is 53.3 cm³/mol. The Morgan fingerprint density at radius 2 is 1.86 bits per heavy atom. The summed E-state index contributed by atoms with van der Waals surface area (Å²) in [5.41, 5.74) is 6.53. The van der Waals surface area contributed by atoms with Crippen LogP contribution in [0.2, 0.25) is 0 Å². The van der Waals surface area contributed by atoms with E-state index in [-0.39, 0.29) is 18.4 Å². The van der Waals surface area contributed by atoms with Gasteiger partial charge in [0.25, 0.3) is 0 Å². The van der Waals surface area contributed by atoms with Gasteiger partial charge < -0.3 is 5.73 Å². The van der Waals surface area contributed by atoms with Gasteiger partial charge in [-0.3, -0.25) is 0 Å². The fourth-order valence-electron chi connectivity index (χ4n) is 1.45. The molecule has 0 amide bonds. The first-order valence-corrected chi connectivity index (χ1v) is 4.39. The monoisotopic (exact) mass is 219 g/mol. The molecular formula is C10H12ClF2N. The number of nitrogens with two attached hydrogens (primary N) is 1. The summed E-state index contributed by atoms with van der Waals surface area (Å²) in [7, 11) is 0. The second kappa shape index (κ2) is 4.24. The van der Waals surface area contributed by atoms with Crippen molar-refractivity contribution in [1.82, 2.24) is 0 Å². The number of rotatable bonds is 2. The quantitative estimate of drug-likeness (QED) is 0.813. The Kier molecular flexibility index (Phi) is 3.45. The van der Waals surface area contributed by atoms with Gasteiger partial charge in [-0.05, 0) is 36.5 Å². The standard InChI is InChI=1S/C10H11F2N.ClH/c11-8-4-3-7(5-9(8)12)10(13)6-1-2-6;/h3-6,10H,1-2,13H2;1H/t10-;/m0./s1. The van der Waals surface area contributed by atoms with Crippen LogP contribution in [-0.2, 0) is 0 Å². The van der Waals surface area contributed by atoms with Crippen molar-refractivity contribution < 1.29 is 8.78 Å². The van der Waals surface area contributed by atoms with E-state index in [9.17, 15) is 8.78 Å². The summed E-state index contributed by atoms with van der Waals surface area (Å²) in [6, 6.07) is 3.75. The first kappa shape index (κ1) is 11.4. The summed E-state index contributed by atoms with van der Waals surface area (Å²) in [6.07, 6.45) is 2.19. The maximum absolute atomic E-state index is 12.8. The fourth-order valence-corrected chi connectivity index (χ4v) is 1.45. The molecule has 1 aromatic carbocycles. The third-order valence-corrected chi connectivity index (χ3v) is 2.46. The summed E-state index contributed by atoms with van der Waals surface area (Å²) in [5, 5.41) is 0. The van der Waals surface area contributed by atoms with Crippen LogP contribution in [0, 0.1) is 17.6 Å². The number of hydrogen-bond donors (Lipinski definition) is 1. The van der Waals surface area contributed by atoms with E-state index in [0.717, 1.165) is 18.9 Å². The molecule has 0 spiro atoms. The largest absolute Gasteiger partial charge is 0.324 e. The minimum atomic E-state index is -0.813. The van der Waals surface area contributed by atoms with Gasteiger partial charge in [-0.25, -0.2) is 8.78 Å². The van der Waals surface area contributed by atoms with Gasteiger partial charge in [0.1, 0.15) is 0 Å². The Morgan fingerprint density at radius 3 is 2.36 bits per heavy atom. The highest BCUT2D eigenvalue weighted by Crippen LogP contribution is 2.39. The van der Waals surface area contributed by atoms with Gasteiger partial charge in [-0.15, -0.1) is 12.4 Å². The molecule has 1 aliphatic rings. The molecule has 1 aromatic rings. The molecular weight excluding hydrogens is 208 g/mol. The molecule has 1 atom stereocenters. The molecule has 78 valence electrons. The molecule has 0 aromatic heterocycles. The normalized spacial score (nSPS) is 17.4. The summed E-state index contributed by atoms with van der Waals surface area (Å²) in [5.74, 6) is -1.16. The second-order valence-electron chi connectivity index (χ2n) is 3.54. The van der Waals surface area contributed by atoms with Crippen molar-refractivity contribution in [3.8, 4) is 0 Å². The zero-order valence-corrected chi connectivity index (χ0v) is 8.36. The van der Waals surface area contributed by atoms with Crippen LogP contribution in [0.25, 0.3) is 0 Å².